The number of unbranched alkanes of at least 4 members (excludes halogenated alkanes) is 1. The summed E-state index contributed by atoms with van der Waals surface area (Å²) in [4.78, 5) is 35.5. The summed E-state index contributed by atoms with van der Waals surface area (Å²) in [6.07, 6.45) is 4.18. The Balaban J connectivity index is 0.000000678. The zero-order valence-electron chi connectivity index (χ0n) is 21.3. The van der Waals surface area contributed by atoms with Crippen LogP contribution in [0.3, 0.4) is 0 Å². The molecule has 36 heavy (non-hydrogen) atoms. The number of hydrogen-bond acceptors (Lipinski definition) is 5. The highest BCUT2D eigenvalue weighted by Crippen LogP contribution is 2.22. The van der Waals surface area contributed by atoms with Gasteiger partial charge < -0.3 is 19.8 Å². The molecular weight excluding hydrogens is 460 g/mol. The van der Waals surface area contributed by atoms with Crippen LogP contribution in [-0.2, 0) is 27.5 Å². The van der Waals surface area contributed by atoms with Gasteiger partial charge in [-0.2, -0.15) is 0 Å². The molecule has 1 aliphatic heterocycles. The zero-order valence-corrected chi connectivity index (χ0v) is 21.3. The Morgan fingerprint density at radius 2 is 1.53 bits per heavy atom. The molecule has 8 heteroatoms. The monoisotopic (exact) mass is 498 g/mol. The number of nitrogens with zero attached hydrogens (tertiary/aromatic N) is 2. The van der Waals surface area contributed by atoms with Crippen LogP contribution in [0.2, 0.25) is 0 Å². The Kier molecular flexibility index (Phi) is 12.5. The smallest absolute Gasteiger partial charge is 0.414 e. The van der Waals surface area contributed by atoms with Crippen molar-refractivity contribution in [1.29, 1.82) is 0 Å². The minimum Gasteiger partial charge on any atom is -0.489 e. The number of carboxylic acid groups (broad SMARTS) is 2. The van der Waals surface area contributed by atoms with E-state index in [9.17, 15) is 4.79 Å². The summed E-state index contributed by atoms with van der Waals surface area (Å²) in [6.45, 7) is 9.53. The molecule has 0 spiro atoms. The van der Waals surface area contributed by atoms with Gasteiger partial charge in [0.2, 0.25) is 5.91 Å². The average Bonchev–Trinajstić information content (AvgIpc) is 2.90. The highest BCUT2D eigenvalue weighted by molar-refractivity contribution is 6.27. The van der Waals surface area contributed by atoms with Crippen molar-refractivity contribution in [3.8, 4) is 5.75 Å². The third-order valence-corrected chi connectivity index (χ3v) is 6.17. The fourth-order valence-electron chi connectivity index (χ4n) is 4.06. The summed E-state index contributed by atoms with van der Waals surface area (Å²) in [5.41, 5.74) is 2.47. The van der Waals surface area contributed by atoms with Gasteiger partial charge in [0.25, 0.3) is 0 Å². The SMILES string of the molecule is CCCCN(CC)C(=O)C1CCN(Cc2ccc(OCc3ccccc3)cc2)CC1.O=C(O)C(=O)O. The Morgan fingerprint density at radius 3 is 2.06 bits per heavy atom. The molecule has 0 saturated carbocycles. The summed E-state index contributed by atoms with van der Waals surface area (Å²) >= 11 is 0. The van der Waals surface area contributed by atoms with Crippen molar-refractivity contribution in [3.63, 3.8) is 0 Å². The summed E-state index contributed by atoms with van der Waals surface area (Å²) in [7, 11) is 0. The van der Waals surface area contributed by atoms with E-state index in [2.05, 4.69) is 60.0 Å². The molecule has 0 radical (unpaired) electrons. The minimum atomic E-state index is -1.82. The van der Waals surface area contributed by atoms with Crippen LogP contribution in [0.5, 0.6) is 5.75 Å². The molecule has 1 fully saturated rings. The van der Waals surface area contributed by atoms with Crippen LogP contribution in [0.25, 0.3) is 0 Å². The van der Waals surface area contributed by atoms with E-state index in [-0.39, 0.29) is 5.92 Å². The maximum atomic E-state index is 12.8. The van der Waals surface area contributed by atoms with Crippen molar-refractivity contribution in [1.82, 2.24) is 9.80 Å². The number of piperidine rings is 1. The second kappa shape index (κ2) is 15.6. The van der Waals surface area contributed by atoms with Crippen LogP contribution in [-0.4, -0.2) is 64.0 Å². The van der Waals surface area contributed by atoms with Gasteiger partial charge in [-0.05, 0) is 62.5 Å². The number of carbonyl (C=O) groups excluding carboxylic acids is 1. The largest absolute Gasteiger partial charge is 0.489 e. The van der Waals surface area contributed by atoms with Gasteiger partial charge >= 0.3 is 11.9 Å². The van der Waals surface area contributed by atoms with Gasteiger partial charge in [-0.25, -0.2) is 9.59 Å². The lowest BCUT2D eigenvalue weighted by atomic mass is 9.94. The van der Waals surface area contributed by atoms with Crippen LogP contribution in [0.4, 0.5) is 0 Å². The quantitative estimate of drug-likeness (QED) is 0.471. The predicted octanol–water partition coefficient (Wildman–Crippen LogP) is 4.28. The first-order chi connectivity index (χ1) is 17.3. The number of likely N-dealkylation sites (tertiary alicyclic amines) is 1. The second-order valence-electron chi connectivity index (χ2n) is 8.85. The van der Waals surface area contributed by atoms with E-state index < -0.39 is 11.9 Å². The van der Waals surface area contributed by atoms with Crippen LogP contribution >= 0.6 is 0 Å². The molecule has 196 valence electrons. The lowest BCUT2D eigenvalue weighted by molar-refractivity contribution is -0.159. The standard InChI is InChI=1S/C26H36N2O2.C2H2O4/c1-3-5-17-28(4-2)26(29)24-15-18-27(19-16-24)20-22-11-13-25(14-12-22)30-21-23-9-7-6-8-10-23;3-1(4)2(5)6/h6-14,24H,3-5,15-21H2,1-2H3;(H,3,4)(H,5,6). The van der Waals surface area contributed by atoms with Crippen molar-refractivity contribution in [2.75, 3.05) is 26.2 Å². The number of benzene rings is 2. The molecule has 2 N–H and O–H groups in total. The Bertz CT molecular complexity index is 928. The highest BCUT2D eigenvalue weighted by Gasteiger charge is 2.27. The maximum absolute atomic E-state index is 12.8. The number of aliphatic carboxylic acids is 2. The van der Waals surface area contributed by atoms with E-state index >= 15 is 0 Å². The van der Waals surface area contributed by atoms with Crippen molar-refractivity contribution in [2.24, 2.45) is 5.92 Å². The molecule has 1 saturated heterocycles. The molecule has 0 aromatic heterocycles. The van der Waals surface area contributed by atoms with Gasteiger partial charge in [0.05, 0.1) is 0 Å². The van der Waals surface area contributed by atoms with E-state index in [1.54, 1.807) is 0 Å². The van der Waals surface area contributed by atoms with Crippen LogP contribution in [0.15, 0.2) is 54.6 Å². The van der Waals surface area contributed by atoms with Gasteiger partial charge in [-0.3, -0.25) is 9.69 Å². The highest BCUT2D eigenvalue weighted by atomic mass is 16.5. The summed E-state index contributed by atoms with van der Waals surface area (Å²) in [5.74, 6) is -2.18. The van der Waals surface area contributed by atoms with Gasteiger partial charge in [-0.15, -0.1) is 0 Å². The minimum absolute atomic E-state index is 0.201. The van der Waals surface area contributed by atoms with E-state index in [1.165, 1.54) is 11.1 Å². The molecule has 8 nitrogen and oxygen atoms in total. The second-order valence-corrected chi connectivity index (χ2v) is 8.85. The van der Waals surface area contributed by atoms with E-state index in [0.717, 1.165) is 64.2 Å². The Hall–Kier alpha value is -3.39. The number of amides is 1. The first-order valence-corrected chi connectivity index (χ1v) is 12.6. The zero-order chi connectivity index (χ0) is 26.3. The third-order valence-electron chi connectivity index (χ3n) is 6.17. The van der Waals surface area contributed by atoms with Crippen molar-refractivity contribution in [2.45, 2.75) is 52.7 Å². The van der Waals surface area contributed by atoms with Gasteiger partial charge in [0.15, 0.2) is 0 Å². The fraction of sp³-hybridized carbons (Fsp3) is 0.464. The molecular formula is C28H38N2O6. The molecule has 1 heterocycles. The molecule has 2 aromatic carbocycles. The van der Waals surface area contributed by atoms with Crippen LogP contribution < -0.4 is 4.74 Å². The summed E-state index contributed by atoms with van der Waals surface area (Å²) < 4.78 is 5.88. The van der Waals surface area contributed by atoms with Crippen molar-refractivity contribution in [3.05, 3.63) is 65.7 Å². The first kappa shape index (κ1) is 28.8. The maximum Gasteiger partial charge on any atom is 0.414 e. The summed E-state index contributed by atoms with van der Waals surface area (Å²) in [5, 5.41) is 14.8. The fourth-order valence-corrected chi connectivity index (χ4v) is 4.06. The number of carboxylic acids is 2. The van der Waals surface area contributed by atoms with Crippen molar-refractivity contribution >= 4 is 17.8 Å². The third kappa shape index (κ3) is 10.1. The number of ether oxygens (including phenoxy) is 1. The molecule has 1 amide bonds. The Morgan fingerprint density at radius 1 is 0.917 bits per heavy atom. The molecule has 0 atom stereocenters. The van der Waals surface area contributed by atoms with E-state index in [0.29, 0.717) is 12.5 Å². The van der Waals surface area contributed by atoms with Crippen LogP contribution in [0.1, 0.15) is 50.7 Å². The van der Waals surface area contributed by atoms with Gasteiger partial charge in [0, 0.05) is 25.6 Å². The molecule has 0 unspecified atom stereocenters. The number of hydrogen-bond donors (Lipinski definition) is 2. The van der Waals surface area contributed by atoms with E-state index in [1.807, 2.05) is 18.2 Å². The normalized spacial score (nSPS) is 13.8. The summed E-state index contributed by atoms with van der Waals surface area (Å²) in [6, 6.07) is 18.7. The molecule has 0 bridgehead atoms. The van der Waals surface area contributed by atoms with Crippen LogP contribution in [0, 0.1) is 5.92 Å². The lowest BCUT2D eigenvalue weighted by Gasteiger charge is -2.34. The van der Waals surface area contributed by atoms with Gasteiger partial charge in [-0.1, -0.05) is 55.8 Å². The van der Waals surface area contributed by atoms with E-state index in [4.69, 9.17) is 24.5 Å². The molecule has 1 aliphatic rings. The predicted molar refractivity (Wildman–Crippen MR) is 138 cm³/mol. The molecule has 2 aromatic rings. The molecule has 0 aliphatic carbocycles. The number of rotatable bonds is 10. The number of carbonyl (C=O) groups is 3. The van der Waals surface area contributed by atoms with Crippen molar-refractivity contribution < 1.29 is 29.3 Å². The first-order valence-electron chi connectivity index (χ1n) is 12.6. The van der Waals surface area contributed by atoms with Gasteiger partial charge in [0.1, 0.15) is 12.4 Å². The Labute approximate surface area is 213 Å². The topological polar surface area (TPSA) is 107 Å². The average molecular weight is 499 g/mol. The lowest BCUT2D eigenvalue weighted by Crippen LogP contribution is -2.42. The molecule has 3 rings (SSSR count).